The normalized spacial score (nSPS) is 11.3. The molecule has 0 saturated carbocycles. The van der Waals surface area contributed by atoms with Crippen molar-refractivity contribution in [1.82, 2.24) is 0 Å². The van der Waals surface area contributed by atoms with Gasteiger partial charge >= 0.3 is 0 Å². The number of primary amides is 1. The first kappa shape index (κ1) is 12.1. The average Bonchev–Trinajstić information content (AvgIpc) is 2.14. The molecule has 0 bridgehead atoms. The number of oxime groups is 1. The largest absolute Gasteiger partial charge is 0.399 e. The highest BCUT2D eigenvalue weighted by atomic mass is 19.1. The molecule has 0 aliphatic heterocycles. The second-order valence-electron chi connectivity index (χ2n) is 3.02. The zero-order valence-corrected chi connectivity index (χ0v) is 8.54. The maximum atomic E-state index is 12.9. The van der Waals surface area contributed by atoms with E-state index in [9.17, 15) is 13.6 Å². The summed E-state index contributed by atoms with van der Waals surface area (Å²) in [5, 5.41) is 3.50. The Morgan fingerprint density at radius 2 is 1.94 bits per heavy atom. The topological polar surface area (TPSA) is 64.7 Å². The van der Waals surface area contributed by atoms with Crippen LogP contribution in [0.2, 0.25) is 0 Å². The molecule has 1 amide bonds. The van der Waals surface area contributed by atoms with Crippen molar-refractivity contribution in [2.75, 3.05) is 7.11 Å². The summed E-state index contributed by atoms with van der Waals surface area (Å²) in [6, 6.07) is 2.81. The number of halogens is 2. The Kier molecular flexibility index (Phi) is 3.93. The zero-order valence-electron chi connectivity index (χ0n) is 8.54. The maximum absolute atomic E-state index is 12.9. The van der Waals surface area contributed by atoms with E-state index in [-0.39, 0.29) is 17.7 Å². The lowest BCUT2D eigenvalue weighted by Crippen LogP contribution is -2.17. The van der Waals surface area contributed by atoms with Crippen molar-refractivity contribution in [3.63, 3.8) is 0 Å². The highest BCUT2D eigenvalue weighted by Crippen LogP contribution is 2.11. The summed E-state index contributed by atoms with van der Waals surface area (Å²) in [6.07, 6.45) is -0.253. The Morgan fingerprint density at radius 1 is 1.38 bits per heavy atom. The SMILES string of the molecule is CO/N=C(\CC(N)=O)c1cc(F)cc(F)c1. The number of amides is 1. The van der Waals surface area contributed by atoms with Gasteiger partial charge in [-0.1, -0.05) is 5.16 Å². The third-order valence-electron chi connectivity index (χ3n) is 1.74. The lowest BCUT2D eigenvalue weighted by atomic mass is 10.1. The third-order valence-corrected chi connectivity index (χ3v) is 1.74. The second kappa shape index (κ2) is 5.20. The summed E-state index contributed by atoms with van der Waals surface area (Å²) in [5.74, 6) is -2.19. The van der Waals surface area contributed by atoms with Crippen LogP contribution < -0.4 is 5.73 Å². The Bertz CT molecular complexity index is 413. The van der Waals surface area contributed by atoms with Crippen molar-refractivity contribution < 1.29 is 18.4 Å². The monoisotopic (exact) mass is 228 g/mol. The Hall–Kier alpha value is -1.98. The van der Waals surface area contributed by atoms with Crippen molar-refractivity contribution in [3.05, 3.63) is 35.4 Å². The summed E-state index contributed by atoms with van der Waals surface area (Å²) in [4.78, 5) is 15.2. The molecule has 0 saturated heterocycles. The first-order chi connectivity index (χ1) is 7.52. The van der Waals surface area contributed by atoms with E-state index in [1.807, 2.05) is 0 Å². The molecule has 6 heteroatoms. The number of hydrogen-bond donors (Lipinski definition) is 1. The molecule has 0 fully saturated rings. The first-order valence-electron chi connectivity index (χ1n) is 4.37. The lowest BCUT2D eigenvalue weighted by Gasteiger charge is -2.04. The highest BCUT2D eigenvalue weighted by molar-refractivity contribution is 6.09. The van der Waals surface area contributed by atoms with Crippen LogP contribution in [0.4, 0.5) is 8.78 Å². The molecule has 2 N–H and O–H groups in total. The summed E-state index contributed by atoms with van der Waals surface area (Å²) < 4.78 is 25.8. The quantitative estimate of drug-likeness (QED) is 0.621. The fraction of sp³-hybridized carbons (Fsp3) is 0.200. The molecule has 4 nitrogen and oxygen atoms in total. The van der Waals surface area contributed by atoms with Crippen LogP contribution in [-0.4, -0.2) is 18.7 Å². The average molecular weight is 228 g/mol. The Balaban J connectivity index is 3.10. The smallest absolute Gasteiger partial charge is 0.223 e. The van der Waals surface area contributed by atoms with Gasteiger partial charge in [0.2, 0.25) is 5.91 Å². The molecule has 0 aliphatic carbocycles. The van der Waals surface area contributed by atoms with Crippen LogP contribution >= 0.6 is 0 Å². The molecule has 1 aromatic rings. The molecule has 0 spiro atoms. The number of benzene rings is 1. The molecule has 0 unspecified atom stereocenters. The van der Waals surface area contributed by atoms with Crippen molar-refractivity contribution in [3.8, 4) is 0 Å². The minimum atomic E-state index is -0.761. The second-order valence-corrected chi connectivity index (χ2v) is 3.02. The van der Waals surface area contributed by atoms with Crippen molar-refractivity contribution in [1.29, 1.82) is 0 Å². The van der Waals surface area contributed by atoms with E-state index in [0.717, 1.165) is 18.2 Å². The van der Waals surface area contributed by atoms with Crippen LogP contribution in [0.5, 0.6) is 0 Å². The fourth-order valence-corrected chi connectivity index (χ4v) is 1.18. The summed E-state index contributed by atoms with van der Waals surface area (Å²) >= 11 is 0. The Labute approximate surface area is 90.7 Å². The van der Waals surface area contributed by atoms with Crippen molar-refractivity contribution in [2.45, 2.75) is 6.42 Å². The number of nitrogens with two attached hydrogens (primary N) is 1. The molecule has 1 aromatic carbocycles. The maximum Gasteiger partial charge on any atom is 0.223 e. The Morgan fingerprint density at radius 3 is 2.38 bits per heavy atom. The van der Waals surface area contributed by atoms with E-state index in [4.69, 9.17) is 5.73 Å². The van der Waals surface area contributed by atoms with Crippen LogP contribution in [0.3, 0.4) is 0 Å². The molecule has 0 atom stereocenters. The van der Waals surface area contributed by atoms with Crippen LogP contribution in [0, 0.1) is 11.6 Å². The molecular formula is C10H10F2N2O2. The number of carbonyl (C=O) groups is 1. The third kappa shape index (κ3) is 3.30. The van der Waals surface area contributed by atoms with Crippen LogP contribution in [0.1, 0.15) is 12.0 Å². The van der Waals surface area contributed by atoms with Gasteiger partial charge in [-0.15, -0.1) is 0 Å². The van der Waals surface area contributed by atoms with Gasteiger partial charge in [-0.25, -0.2) is 8.78 Å². The van der Waals surface area contributed by atoms with Crippen LogP contribution in [0.25, 0.3) is 0 Å². The molecule has 0 aliphatic rings. The van der Waals surface area contributed by atoms with Gasteiger partial charge in [-0.05, 0) is 12.1 Å². The van der Waals surface area contributed by atoms with Gasteiger partial charge in [0.25, 0.3) is 0 Å². The van der Waals surface area contributed by atoms with E-state index in [1.165, 1.54) is 7.11 Å². The van der Waals surface area contributed by atoms with Crippen molar-refractivity contribution >= 4 is 11.6 Å². The minimum absolute atomic E-state index is 0.0772. The van der Waals surface area contributed by atoms with Crippen molar-refractivity contribution in [2.24, 2.45) is 10.9 Å². The molecule has 0 heterocycles. The summed E-state index contributed by atoms with van der Waals surface area (Å²) in [7, 11) is 1.26. The number of nitrogens with zero attached hydrogens (tertiary/aromatic N) is 1. The molecule has 0 radical (unpaired) electrons. The standard InChI is InChI=1S/C10H10F2N2O2/c1-16-14-9(5-10(13)15)6-2-7(11)4-8(12)3-6/h2-4H,5H2,1H3,(H2,13,15)/b14-9+. The predicted octanol–water partition coefficient (Wildman–Crippen LogP) is 1.19. The molecule has 86 valence electrons. The summed E-state index contributed by atoms with van der Waals surface area (Å²) in [5.41, 5.74) is 5.17. The highest BCUT2D eigenvalue weighted by Gasteiger charge is 2.11. The molecular weight excluding hydrogens is 218 g/mol. The van der Waals surface area contributed by atoms with E-state index >= 15 is 0 Å². The van der Waals surface area contributed by atoms with Gasteiger partial charge in [0.15, 0.2) is 0 Å². The molecule has 16 heavy (non-hydrogen) atoms. The minimum Gasteiger partial charge on any atom is -0.399 e. The van der Waals surface area contributed by atoms with Gasteiger partial charge in [0, 0.05) is 11.6 Å². The van der Waals surface area contributed by atoms with Gasteiger partial charge in [-0.3, -0.25) is 4.79 Å². The number of carbonyl (C=O) groups excluding carboxylic acids is 1. The lowest BCUT2D eigenvalue weighted by molar-refractivity contribution is -0.116. The van der Waals surface area contributed by atoms with Crippen LogP contribution in [0.15, 0.2) is 23.4 Å². The fourth-order valence-electron chi connectivity index (χ4n) is 1.18. The summed E-state index contributed by atoms with van der Waals surface area (Å²) in [6.45, 7) is 0. The van der Waals surface area contributed by atoms with Crippen LogP contribution in [-0.2, 0) is 9.63 Å². The van der Waals surface area contributed by atoms with E-state index in [1.54, 1.807) is 0 Å². The molecule has 1 rings (SSSR count). The van der Waals surface area contributed by atoms with E-state index < -0.39 is 17.5 Å². The van der Waals surface area contributed by atoms with E-state index in [0.29, 0.717) is 0 Å². The number of rotatable bonds is 4. The first-order valence-corrected chi connectivity index (χ1v) is 4.37. The predicted molar refractivity (Wildman–Crippen MR) is 53.7 cm³/mol. The van der Waals surface area contributed by atoms with Gasteiger partial charge in [0.05, 0.1) is 12.1 Å². The van der Waals surface area contributed by atoms with Gasteiger partial charge < -0.3 is 10.6 Å². The van der Waals surface area contributed by atoms with Gasteiger partial charge in [0.1, 0.15) is 18.7 Å². The van der Waals surface area contributed by atoms with E-state index in [2.05, 4.69) is 9.99 Å². The van der Waals surface area contributed by atoms with Gasteiger partial charge in [-0.2, -0.15) is 0 Å². The molecule has 0 aromatic heterocycles. The number of hydrogen-bond acceptors (Lipinski definition) is 3. The zero-order chi connectivity index (χ0) is 12.1.